The Balaban J connectivity index is 2.41. The summed E-state index contributed by atoms with van der Waals surface area (Å²) in [4.78, 5) is 25.5. The van der Waals surface area contributed by atoms with Crippen LogP contribution in [0.2, 0.25) is 0 Å². The molecule has 0 spiro atoms. The van der Waals surface area contributed by atoms with Gasteiger partial charge in [0.25, 0.3) is 0 Å². The van der Waals surface area contributed by atoms with Crippen LogP contribution in [0.4, 0.5) is 0 Å². The van der Waals surface area contributed by atoms with E-state index in [4.69, 9.17) is 0 Å². The van der Waals surface area contributed by atoms with E-state index in [2.05, 4.69) is 17.6 Å². The van der Waals surface area contributed by atoms with Crippen LogP contribution in [0.5, 0.6) is 0 Å². The lowest BCUT2D eigenvalue weighted by atomic mass is 9.92. The van der Waals surface area contributed by atoms with Crippen molar-refractivity contribution in [3.63, 3.8) is 0 Å². The normalized spacial score (nSPS) is 23.2. The van der Waals surface area contributed by atoms with Gasteiger partial charge < -0.3 is 15.5 Å². The number of piperidine rings is 1. The number of carbonyl (C=O) groups is 2. The van der Waals surface area contributed by atoms with Crippen LogP contribution in [0.15, 0.2) is 0 Å². The van der Waals surface area contributed by atoms with Gasteiger partial charge in [-0.1, -0.05) is 20.8 Å². The molecule has 2 N–H and O–H groups in total. The van der Waals surface area contributed by atoms with Crippen molar-refractivity contribution in [1.29, 1.82) is 0 Å². The average Bonchev–Trinajstić information content (AvgIpc) is 2.36. The zero-order valence-corrected chi connectivity index (χ0v) is 12.5. The van der Waals surface area contributed by atoms with Crippen molar-refractivity contribution >= 4 is 11.8 Å². The molecule has 0 radical (unpaired) electrons. The fraction of sp³-hybridized carbons (Fsp3) is 0.857. The number of hydrogen-bond donors (Lipinski definition) is 2. The smallest absolute Gasteiger partial charge is 0.240 e. The molecule has 1 aliphatic heterocycles. The summed E-state index contributed by atoms with van der Waals surface area (Å²) in [6, 6.07) is -0.142. The molecule has 2 amide bonds. The van der Waals surface area contributed by atoms with Crippen LogP contribution < -0.4 is 10.6 Å². The Hall–Kier alpha value is -1.10. The van der Waals surface area contributed by atoms with Gasteiger partial charge in [0.05, 0.1) is 12.6 Å². The molecule has 2 unspecified atom stereocenters. The number of nitrogens with zero attached hydrogens (tertiary/aromatic N) is 1. The van der Waals surface area contributed by atoms with E-state index in [1.807, 2.05) is 13.8 Å². The van der Waals surface area contributed by atoms with Crippen molar-refractivity contribution in [3.8, 4) is 0 Å². The molecule has 19 heavy (non-hydrogen) atoms. The molecule has 110 valence electrons. The molecular formula is C14H27N3O2. The van der Waals surface area contributed by atoms with E-state index in [9.17, 15) is 9.59 Å². The van der Waals surface area contributed by atoms with Crippen molar-refractivity contribution in [3.05, 3.63) is 0 Å². The highest BCUT2D eigenvalue weighted by molar-refractivity contribution is 5.87. The Morgan fingerprint density at radius 1 is 1.42 bits per heavy atom. The van der Waals surface area contributed by atoms with E-state index < -0.39 is 0 Å². The minimum atomic E-state index is -0.142. The zero-order valence-electron chi connectivity index (χ0n) is 12.5. The minimum absolute atomic E-state index is 0.0203. The molecule has 1 fully saturated rings. The van der Waals surface area contributed by atoms with Crippen LogP contribution in [0.3, 0.4) is 0 Å². The third kappa shape index (κ3) is 5.19. The van der Waals surface area contributed by atoms with Crippen LogP contribution in [-0.2, 0) is 9.59 Å². The fourth-order valence-corrected chi connectivity index (χ4v) is 2.28. The first kappa shape index (κ1) is 16.0. The summed E-state index contributed by atoms with van der Waals surface area (Å²) >= 11 is 0. The van der Waals surface area contributed by atoms with E-state index in [-0.39, 0.29) is 24.4 Å². The number of hydrogen-bond acceptors (Lipinski definition) is 3. The molecule has 0 aliphatic carbocycles. The molecule has 0 aromatic carbocycles. The van der Waals surface area contributed by atoms with E-state index >= 15 is 0 Å². The van der Waals surface area contributed by atoms with Gasteiger partial charge in [0.2, 0.25) is 11.8 Å². The van der Waals surface area contributed by atoms with E-state index in [1.165, 1.54) is 4.90 Å². The predicted octanol–water partition coefficient (Wildman–Crippen LogP) is 0.605. The minimum Gasteiger partial charge on any atom is -0.354 e. The SMILES string of the molecule is CC(C)CNC(=O)CN(C)C(=O)C1NCCCC1C. The second-order valence-corrected chi connectivity index (χ2v) is 5.94. The second-order valence-electron chi connectivity index (χ2n) is 5.94. The van der Waals surface area contributed by atoms with Crippen molar-refractivity contribution in [2.45, 2.75) is 39.7 Å². The summed E-state index contributed by atoms with van der Waals surface area (Å²) in [6.07, 6.45) is 2.18. The summed E-state index contributed by atoms with van der Waals surface area (Å²) in [5.41, 5.74) is 0. The number of rotatable bonds is 5. The largest absolute Gasteiger partial charge is 0.354 e. The fourth-order valence-electron chi connectivity index (χ4n) is 2.28. The Bertz CT molecular complexity index is 318. The van der Waals surface area contributed by atoms with Crippen molar-refractivity contribution in [2.75, 3.05) is 26.7 Å². The van der Waals surface area contributed by atoms with Crippen LogP contribution >= 0.6 is 0 Å². The van der Waals surface area contributed by atoms with Crippen LogP contribution in [-0.4, -0.2) is 49.4 Å². The number of likely N-dealkylation sites (N-methyl/N-ethyl adjacent to an activating group) is 1. The van der Waals surface area contributed by atoms with E-state index in [0.29, 0.717) is 18.4 Å². The molecule has 1 rings (SSSR count). The average molecular weight is 269 g/mol. The zero-order chi connectivity index (χ0) is 14.4. The van der Waals surface area contributed by atoms with Gasteiger partial charge in [0.15, 0.2) is 0 Å². The Morgan fingerprint density at radius 3 is 2.68 bits per heavy atom. The van der Waals surface area contributed by atoms with Gasteiger partial charge in [-0.25, -0.2) is 0 Å². The topological polar surface area (TPSA) is 61.4 Å². The lowest BCUT2D eigenvalue weighted by molar-refractivity contribution is -0.137. The molecule has 1 heterocycles. The third-order valence-corrected chi connectivity index (χ3v) is 3.50. The summed E-state index contributed by atoms with van der Waals surface area (Å²) in [5, 5.41) is 6.08. The molecule has 1 saturated heterocycles. The maximum absolute atomic E-state index is 12.3. The first-order valence-corrected chi connectivity index (χ1v) is 7.17. The van der Waals surface area contributed by atoms with Crippen LogP contribution in [0, 0.1) is 11.8 Å². The van der Waals surface area contributed by atoms with Gasteiger partial charge in [-0.2, -0.15) is 0 Å². The number of amides is 2. The van der Waals surface area contributed by atoms with Gasteiger partial charge in [0.1, 0.15) is 0 Å². The van der Waals surface area contributed by atoms with E-state index in [1.54, 1.807) is 7.05 Å². The molecule has 0 bridgehead atoms. The predicted molar refractivity (Wildman–Crippen MR) is 75.7 cm³/mol. The maximum atomic E-state index is 12.3. The highest BCUT2D eigenvalue weighted by Gasteiger charge is 2.30. The van der Waals surface area contributed by atoms with E-state index in [0.717, 1.165) is 19.4 Å². The first-order chi connectivity index (χ1) is 8.91. The van der Waals surface area contributed by atoms with Gasteiger partial charge in [0, 0.05) is 13.6 Å². The van der Waals surface area contributed by atoms with Crippen molar-refractivity contribution in [2.24, 2.45) is 11.8 Å². The Kier molecular flexibility index (Phi) is 6.28. The number of nitrogens with one attached hydrogen (secondary N) is 2. The second kappa shape index (κ2) is 7.48. The van der Waals surface area contributed by atoms with Gasteiger partial charge in [-0.15, -0.1) is 0 Å². The first-order valence-electron chi connectivity index (χ1n) is 7.17. The van der Waals surface area contributed by atoms with Crippen molar-refractivity contribution in [1.82, 2.24) is 15.5 Å². The van der Waals surface area contributed by atoms with Crippen LogP contribution in [0.1, 0.15) is 33.6 Å². The molecule has 5 nitrogen and oxygen atoms in total. The summed E-state index contributed by atoms with van der Waals surface area (Å²) in [7, 11) is 1.69. The highest BCUT2D eigenvalue weighted by Crippen LogP contribution is 2.16. The Labute approximate surface area is 116 Å². The molecule has 5 heteroatoms. The number of carbonyl (C=O) groups excluding carboxylic acids is 2. The standard InChI is InChI=1S/C14H27N3O2/c1-10(2)8-16-12(18)9-17(4)14(19)13-11(3)6-5-7-15-13/h10-11,13,15H,5-9H2,1-4H3,(H,16,18). The van der Waals surface area contributed by atoms with Gasteiger partial charge in [-0.05, 0) is 31.2 Å². The van der Waals surface area contributed by atoms with Crippen LogP contribution in [0.25, 0.3) is 0 Å². The molecule has 0 saturated carbocycles. The summed E-state index contributed by atoms with van der Waals surface area (Å²) in [5.74, 6) is 0.687. The lowest BCUT2D eigenvalue weighted by Gasteiger charge is -2.32. The molecule has 0 aromatic rings. The molecule has 0 aromatic heterocycles. The third-order valence-electron chi connectivity index (χ3n) is 3.50. The monoisotopic (exact) mass is 269 g/mol. The van der Waals surface area contributed by atoms with Crippen molar-refractivity contribution < 1.29 is 9.59 Å². The molecule has 1 aliphatic rings. The molecular weight excluding hydrogens is 242 g/mol. The Morgan fingerprint density at radius 2 is 2.11 bits per heavy atom. The van der Waals surface area contributed by atoms with Gasteiger partial charge in [-0.3, -0.25) is 9.59 Å². The molecule has 2 atom stereocenters. The summed E-state index contributed by atoms with van der Waals surface area (Å²) in [6.45, 7) is 7.84. The quantitative estimate of drug-likeness (QED) is 0.768. The maximum Gasteiger partial charge on any atom is 0.240 e. The van der Waals surface area contributed by atoms with Gasteiger partial charge >= 0.3 is 0 Å². The highest BCUT2D eigenvalue weighted by atomic mass is 16.2. The summed E-state index contributed by atoms with van der Waals surface area (Å²) < 4.78 is 0. The lowest BCUT2D eigenvalue weighted by Crippen LogP contribution is -2.53.